The summed E-state index contributed by atoms with van der Waals surface area (Å²) in [7, 11) is -4.12. The van der Waals surface area contributed by atoms with Crippen molar-refractivity contribution in [2.75, 3.05) is 0 Å². The molecular formula is C16H17N5O4S. The lowest BCUT2D eigenvalue weighted by Crippen LogP contribution is -2.31. The molecule has 0 spiro atoms. The average Bonchev–Trinajstić information content (AvgIpc) is 3.04. The molecule has 3 aromatic rings. The lowest BCUT2D eigenvalue weighted by molar-refractivity contribution is 0.0979. The number of aromatic nitrogens is 4. The Morgan fingerprint density at radius 3 is 2.77 bits per heavy atom. The molecule has 1 amide bonds. The highest BCUT2D eigenvalue weighted by atomic mass is 32.2. The van der Waals surface area contributed by atoms with E-state index in [2.05, 4.69) is 15.1 Å². The van der Waals surface area contributed by atoms with Crippen molar-refractivity contribution in [1.82, 2.24) is 24.3 Å². The molecule has 3 heterocycles. The fourth-order valence-electron chi connectivity index (χ4n) is 2.33. The number of nitrogens with one attached hydrogen (secondary N) is 1. The van der Waals surface area contributed by atoms with Crippen LogP contribution in [0, 0.1) is 6.92 Å². The Bertz CT molecular complexity index is 1080. The van der Waals surface area contributed by atoms with Crippen LogP contribution < -0.4 is 9.46 Å². The topological polar surface area (TPSA) is 116 Å². The highest BCUT2D eigenvalue weighted by molar-refractivity contribution is 7.90. The fraction of sp³-hybridized carbons (Fsp3) is 0.250. The predicted octanol–water partition coefficient (Wildman–Crippen LogP) is 1.34. The second-order valence-electron chi connectivity index (χ2n) is 5.82. The second-order valence-corrected chi connectivity index (χ2v) is 7.50. The molecule has 1 N–H and O–H groups in total. The molecule has 0 aliphatic carbocycles. The van der Waals surface area contributed by atoms with E-state index >= 15 is 0 Å². The quantitative estimate of drug-likeness (QED) is 0.715. The van der Waals surface area contributed by atoms with Gasteiger partial charge in [0.1, 0.15) is 10.6 Å². The van der Waals surface area contributed by atoms with Crippen molar-refractivity contribution in [3.05, 3.63) is 48.2 Å². The first-order valence-electron chi connectivity index (χ1n) is 7.76. The van der Waals surface area contributed by atoms with Gasteiger partial charge in [0.15, 0.2) is 5.65 Å². The summed E-state index contributed by atoms with van der Waals surface area (Å²) in [6, 6.07) is 2.99. The molecular weight excluding hydrogens is 358 g/mol. The summed E-state index contributed by atoms with van der Waals surface area (Å²) in [5, 5.41) is 4.05. The Kier molecular flexibility index (Phi) is 4.60. The first-order valence-corrected chi connectivity index (χ1v) is 9.24. The molecule has 0 fully saturated rings. The largest absolute Gasteiger partial charge is 0.489 e. The molecule has 0 radical (unpaired) electrons. The highest BCUT2D eigenvalue weighted by Crippen LogP contribution is 2.17. The second kappa shape index (κ2) is 6.71. The van der Waals surface area contributed by atoms with E-state index in [1.54, 1.807) is 19.2 Å². The van der Waals surface area contributed by atoms with Gasteiger partial charge in [0.05, 0.1) is 29.8 Å². The SMILES string of the molecule is Cc1c(C(=O)NS(=O)(=O)c2cncc(OC(C)C)c2)cnc2ccnn12. The molecule has 0 saturated carbocycles. The minimum absolute atomic E-state index is 0.104. The monoisotopic (exact) mass is 375 g/mol. The molecule has 0 aliphatic rings. The summed E-state index contributed by atoms with van der Waals surface area (Å²) in [6.45, 7) is 5.27. The minimum Gasteiger partial charge on any atom is -0.489 e. The van der Waals surface area contributed by atoms with Gasteiger partial charge < -0.3 is 4.74 Å². The van der Waals surface area contributed by atoms with Crippen LogP contribution >= 0.6 is 0 Å². The summed E-state index contributed by atoms with van der Waals surface area (Å²) in [5.41, 5.74) is 1.14. The van der Waals surface area contributed by atoms with Crippen molar-refractivity contribution in [3.8, 4) is 5.75 Å². The van der Waals surface area contributed by atoms with Crippen LogP contribution in [0.3, 0.4) is 0 Å². The molecule has 9 nitrogen and oxygen atoms in total. The van der Waals surface area contributed by atoms with E-state index in [-0.39, 0.29) is 16.6 Å². The maximum Gasteiger partial charge on any atom is 0.268 e. The van der Waals surface area contributed by atoms with E-state index in [1.807, 2.05) is 18.6 Å². The van der Waals surface area contributed by atoms with Crippen LogP contribution in [0.15, 0.2) is 41.8 Å². The summed E-state index contributed by atoms with van der Waals surface area (Å²) >= 11 is 0. The molecule has 136 valence electrons. The van der Waals surface area contributed by atoms with Gasteiger partial charge in [0, 0.05) is 24.5 Å². The van der Waals surface area contributed by atoms with Crippen molar-refractivity contribution in [1.29, 1.82) is 0 Å². The van der Waals surface area contributed by atoms with E-state index in [4.69, 9.17) is 4.74 Å². The number of carbonyl (C=O) groups excluding carboxylic acids is 1. The van der Waals surface area contributed by atoms with E-state index in [9.17, 15) is 13.2 Å². The number of ether oxygens (including phenoxy) is 1. The molecule has 0 atom stereocenters. The Labute approximate surface area is 150 Å². The minimum atomic E-state index is -4.12. The van der Waals surface area contributed by atoms with Gasteiger partial charge in [0.25, 0.3) is 15.9 Å². The van der Waals surface area contributed by atoms with Gasteiger partial charge in [-0.05, 0) is 20.8 Å². The van der Waals surface area contributed by atoms with Crippen LogP contribution in [0.2, 0.25) is 0 Å². The van der Waals surface area contributed by atoms with Crippen LogP contribution in [-0.2, 0) is 10.0 Å². The van der Waals surface area contributed by atoms with Gasteiger partial charge in [-0.1, -0.05) is 0 Å². The number of nitrogens with zero attached hydrogens (tertiary/aromatic N) is 4. The van der Waals surface area contributed by atoms with Gasteiger partial charge >= 0.3 is 0 Å². The Balaban J connectivity index is 1.89. The van der Waals surface area contributed by atoms with Crippen molar-refractivity contribution >= 4 is 21.6 Å². The summed E-state index contributed by atoms with van der Waals surface area (Å²) in [5.74, 6) is -0.506. The molecule has 26 heavy (non-hydrogen) atoms. The lowest BCUT2D eigenvalue weighted by Gasteiger charge is -2.12. The summed E-state index contributed by atoms with van der Waals surface area (Å²) in [6.07, 6.45) is 5.26. The fourth-order valence-corrected chi connectivity index (χ4v) is 3.27. The molecule has 0 aromatic carbocycles. The standard InChI is InChI=1S/C16H17N5O4S/c1-10(2)25-12-6-13(8-17-7-12)26(23,24)20-16(22)14-9-18-15-4-5-19-21(15)11(14)3/h4-10H,1-3H3,(H,20,22). The van der Waals surface area contributed by atoms with Gasteiger partial charge in [-0.3, -0.25) is 9.78 Å². The number of amides is 1. The zero-order valence-corrected chi connectivity index (χ0v) is 15.2. The van der Waals surface area contributed by atoms with E-state index in [0.29, 0.717) is 17.1 Å². The molecule has 0 bridgehead atoms. The first kappa shape index (κ1) is 17.8. The number of rotatable bonds is 5. The van der Waals surface area contributed by atoms with E-state index in [1.165, 1.54) is 23.0 Å². The maximum atomic E-state index is 12.5. The number of fused-ring (bicyclic) bond motifs is 1. The first-order chi connectivity index (χ1) is 12.3. The molecule has 0 unspecified atom stereocenters. The third kappa shape index (κ3) is 3.49. The summed E-state index contributed by atoms with van der Waals surface area (Å²) < 4.78 is 33.9. The zero-order valence-electron chi connectivity index (χ0n) is 14.4. The number of pyridine rings is 1. The number of carbonyl (C=O) groups is 1. The van der Waals surface area contributed by atoms with E-state index < -0.39 is 15.9 Å². The number of hydrogen-bond donors (Lipinski definition) is 1. The third-order valence-electron chi connectivity index (χ3n) is 3.50. The predicted molar refractivity (Wildman–Crippen MR) is 92.4 cm³/mol. The third-order valence-corrected chi connectivity index (χ3v) is 4.80. The van der Waals surface area contributed by atoms with Crippen LogP contribution in [0.5, 0.6) is 5.75 Å². The zero-order chi connectivity index (χ0) is 18.9. The number of sulfonamides is 1. The van der Waals surface area contributed by atoms with Gasteiger partial charge in [0.2, 0.25) is 0 Å². The average molecular weight is 375 g/mol. The number of hydrogen-bond acceptors (Lipinski definition) is 7. The van der Waals surface area contributed by atoms with Crippen molar-refractivity contribution < 1.29 is 17.9 Å². The van der Waals surface area contributed by atoms with Gasteiger partial charge in [-0.15, -0.1) is 0 Å². The smallest absolute Gasteiger partial charge is 0.268 e. The lowest BCUT2D eigenvalue weighted by atomic mass is 10.2. The maximum absolute atomic E-state index is 12.5. The van der Waals surface area contributed by atoms with Crippen LogP contribution in [-0.4, -0.2) is 40.0 Å². The Morgan fingerprint density at radius 1 is 1.27 bits per heavy atom. The highest BCUT2D eigenvalue weighted by Gasteiger charge is 2.22. The van der Waals surface area contributed by atoms with E-state index in [0.717, 1.165) is 6.20 Å². The van der Waals surface area contributed by atoms with Crippen molar-refractivity contribution in [3.63, 3.8) is 0 Å². The van der Waals surface area contributed by atoms with Crippen molar-refractivity contribution in [2.45, 2.75) is 31.8 Å². The number of aryl methyl sites for hydroxylation is 1. The normalized spacial score (nSPS) is 11.7. The van der Waals surface area contributed by atoms with Crippen molar-refractivity contribution in [2.24, 2.45) is 0 Å². The van der Waals surface area contributed by atoms with Gasteiger partial charge in [-0.2, -0.15) is 5.10 Å². The molecule has 0 saturated heterocycles. The van der Waals surface area contributed by atoms with Crippen LogP contribution in [0.4, 0.5) is 0 Å². The molecule has 10 heteroatoms. The summed E-state index contributed by atoms with van der Waals surface area (Å²) in [4.78, 5) is 20.2. The molecule has 3 rings (SSSR count). The van der Waals surface area contributed by atoms with Crippen LogP contribution in [0.1, 0.15) is 29.9 Å². The Morgan fingerprint density at radius 2 is 2.04 bits per heavy atom. The molecule has 0 aliphatic heterocycles. The van der Waals surface area contributed by atoms with Crippen LogP contribution in [0.25, 0.3) is 5.65 Å². The van der Waals surface area contributed by atoms with Gasteiger partial charge in [-0.25, -0.2) is 22.6 Å². The molecule has 3 aromatic heterocycles. The Hall–Kier alpha value is -3.01.